The molecule has 0 saturated carbocycles. The number of rotatable bonds is 6. The highest BCUT2D eigenvalue weighted by atomic mass is 19.4. The Bertz CT molecular complexity index is 1560. The van der Waals surface area contributed by atoms with E-state index in [1.54, 1.807) is 0 Å². The molecule has 2 N–H and O–H groups in total. The summed E-state index contributed by atoms with van der Waals surface area (Å²) in [4.78, 5) is 42.0. The number of piperazine rings is 1. The van der Waals surface area contributed by atoms with Crippen LogP contribution in [0.15, 0.2) is 41.6 Å². The number of ether oxygens (including phenoxy) is 1. The molecule has 0 aliphatic carbocycles. The third kappa shape index (κ3) is 6.70. The van der Waals surface area contributed by atoms with Crippen LogP contribution in [0.4, 0.5) is 34.9 Å². The van der Waals surface area contributed by atoms with E-state index in [9.17, 15) is 22.8 Å². The maximum absolute atomic E-state index is 15.7. The van der Waals surface area contributed by atoms with Crippen molar-refractivity contribution in [3.8, 4) is 11.1 Å². The minimum atomic E-state index is -4.95. The second kappa shape index (κ2) is 12.5. The number of H-pyrrole nitrogens is 1. The molecule has 1 amide bonds. The lowest BCUT2D eigenvalue weighted by molar-refractivity contribution is -0.138. The molecule has 4 heterocycles. The maximum Gasteiger partial charge on any atom is 0.417 e. The Morgan fingerprint density at radius 3 is 2.48 bits per heavy atom. The van der Waals surface area contributed by atoms with Crippen molar-refractivity contribution in [2.24, 2.45) is 5.92 Å². The van der Waals surface area contributed by atoms with Crippen LogP contribution in [0.1, 0.15) is 36.7 Å². The zero-order chi connectivity index (χ0) is 31.8. The van der Waals surface area contributed by atoms with E-state index in [1.807, 2.05) is 23.8 Å². The predicted octanol–water partition coefficient (Wildman–Crippen LogP) is 4.24. The van der Waals surface area contributed by atoms with E-state index in [0.717, 1.165) is 6.20 Å². The third-order valence-corrected chi connectivity index (χ3v) is 8.18. The summed E-state index contributed by atoms with van der Waals surface area (Å²) in [6, 6.07) is 3.09. The van der Waals surface area contributed by atoms with Crippen LogP contribution in [0.25, 0.3) is 11.1 Å². The first-order chi connectivity index (χ1) is 20.8. The van der Waals surface area contributed by atoms with Gasteiger partial charge in [-0.2, -0.15) is 13.2 Å². The number of pyridine rings is 1. The van der Waals surface area contributed by atoms with Crippen LogP contribution < -0.4 is 20.7 Å². The molecule has 5 rings (SSSR count). The fourth-order valence-electron chi connectivity index (χ4n) is 5.38. The van der Waals surface area contributed by atoms with Crippen molar-refractivity contribution < 1.29 is 27.1 Å². The number of nitrogens with zero attached hydrogens (tertiary/aromatic N) is 5. The molecule has 0 unspecified atom stereocenters. The number of alkyl halides is 3. The lowest BCUT2D eigenvalue weighted by atomic mass is 10.0. The quantitative estimate of drug-likeness (QED) is 0.396. The average molecular weight is 618 g/mol. The number of hydrogen-bond donors (Lipinski definition) is 2. The Labute approximate surface area is 252 Å². The number of aromatic nitrogens is 3. The van der Waals surface area contributed by atoms with Gasteiger partial charge in [0.2, 0.25) is 11.5 Å². The lowest BCUT2D eigenvalue weighted by Crippen LogP contribution is -2.50. The van der Waals surface area contributed by atoms with Crippen LogP contribution in [0.3, 0.4) is 0 Å². The van der Waals surface area contributed by atoms with Gasteiger partial charge in [-0.15, -0.1) is 0 Å². The number of nitrogens with one attached hydrogen (secondary N) is 2. The zero-order valence-corrected chi connectivity index (χ0v) is 24.9. The van der Waals surface area contributed by atoms with Crippen molar-refractivity contribution in [3.05, 3.63) is 64.1 Å². The minimum Gasteiger partial charge on any atom is -0.374 e. The average Bonchev–Trinajstić information content (AvgIpc) is 2.99. The zero-order valence-electron chi connectivity index (χ0n) is 24.9. The predicted molar refractivity (Wildman–Crippen MR) is 159 cm³/mol. The van der Waals surface area contributed by atoms with Gasteiger partial charge in [0.05, 0.1) is 35.2 Å². The van der Waals surface area contributed by atoms with Crippen molar-refractivity contribution in [3.63, 3.8) is 0 Å². The molecule has 0 radical (unpaired) electrons. The number of carbonyl (C=O) groups excluding carboxylic acids is 1. The topological polar surface area (TPSA) is 107 Å². The monoisotopic (exact) mass is 617 g/mol. The van der Waals surface area contributed by atoms with E-state index in [4.69, 9.17) is 4.74 Å². The second-order valence-electron chi connectivity index (χ2n) is 11.6. The Hall–Kier alpha value is -4.04. The van der Waals surface area contributed by atoms with Crippen LogP contribution in [0, 0.1) is 11.7 Å². The number of carbonyl (C=O) groups is 1. The number of amides is 1. The van der Waals surface area contributed by atoms with E-state index >= 15 is 4.39 Å². The number of likely N-dealkylation sites (N-methyl/N-ethyl adjacent to an activating group) is 1. The molecule has 2 aliphatic heterocycles. The van der Waals surface area contributed by atoms with Crippen molar-refractivity contribution in [1.29, 1.82) is 0 Å². The van der Waals surface area contributed by atoms with E-state index in [-0.39, 0.29) is 23.4 Å². The SMILES string of the molecule is CC(C)[C@H]1CN(c2ncc(-c3cc(NC(=O)c4c[nH]c(=O)cc4C(F)(F)F)c(N4CCN(C)[C@@H](C)C4)cc3F)cn2)CCO1. The van der Waals surface area contributed by atoms with Gasteiger partial charge in [0.15, 0.2) is 0 Å². The molecule has 2 atom stereocenters. The van der Waals surface area contributed by atoms with Gasteiger partial charge in [-0.1, -0.05) is 13.8 Å². The molecule has 2 saturated heterocycles. The van der Waals surface area contributed by atoms with Gasteiger partial charge in [0, 0.05) is 74.5 Å². The molecule has 0 bridgehead atoms. The molecule has 44 heavy (non-hydrogen) atoms. The lowest BCUT2D eigenvalue weighted by Gasteiger charge is -2.39. The Balaban J connectivity index is 1.50. The highest BCUT2D eigenvalue weighted by molar-refractivity contribution is 6.07. The van der Waals surface area contributed by atoms with Gasteiger partial charge in [0.25, 0.3) is 5.91 Å². The van der Waals surface area contributed by atoms with Crippen LogP contribution in [0.2, 0.25) is 0 Å². The highest BCUT2D eigenvalue weighted by Gasteiger charge is 2.36. The summed E-state index contributed by atoms with van der Waals surface area (Å²) in [5.41, 5.74) is -2.31. The van der Waals surface area contributed by atoms with Gasteiger partial charge >= 0.3 is 6.18 Å². The van der Waals surface area contributed by atoms with Crippen LogP contribution in [0.5, 0.6) is 0 Å². The number of aromatic amines is 1. The summed E-state index contributed by atoms with van der Waals surface area (Å²) in [6.45, 7) is 9.56. The van der Waals surface area contributed by atoms with E-state index in [0.29, 0.717) is 68.5 Å². The molecule has 2 aliphatic rings. The first-order valence-electron chi connectivity index (χ1n) is 14.4. The summed E-state index contributed by atoms with van der Waals surface area (Å²) in [5, 5.41) is 2.55. The largest absolute Gasteiger partial charge is 0.417 e. The molecule has 2 fully saturated rings. The highest BCUT2D eigenvalue weighted by Crippen LogP contribution is 2.37. The van der Waals surface area contributed by atoms with E-state index < -0.39 is 34.6 Å². The first-order valence-corrected chi connectivity index (χ1v) is 14.4. The molecule has 1 aromatic carbocycles. The van der Waals surface area contributed by atoms with Gasteiger partial charge < -0.3 is 29.7 Å². The molecule has 14 heteroatoms. The van der Waals surface area contributed by atoms with Crippen LogP contribution >= 0.6 is 0 Å². The summed E-state index contributed by atoms with van der Waals surface area (Å²) in [5.74, 6) is -0.928. The van der Waals surface area contributed by atoms with Crippen molar-refractivity contribution in [2.45, 2.75) is 39.1 Å². The standard InChI is InChI=1S/C30H35F4N7O3/c1-17(2)26-16-41(7-8-44-26)29-36-12-19(13-37-29)20-9-24(25(11-23(20)31)40-6-5-39(4)18(3)15-40)38-28(43)21-14-35-27(42)10-22(21)30(32,33)34/h9-14,17-18,26H,5-8,15-16H2,1-4H3,(H,35,42)(H,38,43)/t18-,26+/m0/s1. The Morgan fingerprint density at radius 1 is 1.09 bits per heavy atom. The van der Waals surface area contributed by atoms with Gasteiger partial charge in [-0.25, -0.2) is 14.4 Å². The normalized spacial score (nSPS) is 19.8. The molecule has 0 spiro atoms. The Morgan fingerprint density at radius 2 is 1.82 bits per heavy atom. The number of benzene rings is 1. The Kier molecular flexibility index (Phi) is 8.93. The summed E-state index contributed by atoms with van der Waals surface area (Å²) in [7, 11) is 1.97. The van der Waals surface area contributed by atoms with Gasteiger partial charge in [-0.3, -0.25) is 9.59 Å². The summed E-state index contributed by atoms with van der Waals surface area (Å²) >= 11 is 0. The maximum atomic E-state index is 15.7. The number of morpholine rings is 1. The smallest absolute Gasteiger partial charge is 0.374 e. The van der Waals surface area contributed by atoms with E-state index in [1.165, 1.54) is 24.5 Å². The van der Waals surface area contributed by atoms with Gasteiger partial charge in [-0.05, 0) is 32.0 Å². The van der Waals surface area contributed by atoms with E-state index in [2.05, 4.69) is 39.0 Å². The van der Waals surface area contributed by atoms with Gasteiger partial charge in [0.1, 0.15) is 5.82 Å². The number of anilines is 3. The third-order valence-electron chi connectivity index (χ3n) is 8.18. The van der Waals surface area contributed by atoms with Crippen molar-refractivity contribution in [1.82, 2.24) is 19.9 Å². The molecular weight excluding hydrogens is 582 g/mol. The molecular formula is C30H35F4N7O3. The molecule has 236 valence electrons. The second-order valence-corrected chi connectivity index (χ2v) is 11.6. The number of halogens is 4. The summed E-state index contributed by atoms with van der Waals surface area (Å²) in [6.07, 6.45) is -1.23. The fourth-order valence-corrected chi connectivity index (χ4v) is 5.38. The first kappa shape index (κ1) is 31.4. The minimum absolute atomic E-state index is 0.0285. The summed E-state index contributed by atoms with van der Waals surface area (Å²) < 4.78 is 62.7. The van der Waals surface area contributed by atoms with Crippen LogP contribution in [-0.4, -0.2) is 84.3 Å². The fraction of sp³-hybridized carbons (Fsp3) is 0.467. The van der Waals surface area contributed by atoms with Crippen LogP contribution in [-0.2, 0) is 10.9 Å². The molecule has 10 nitrogen and oxygen atoms in total. The molecule has 3 aromatic rings. The molecule has 2 aromatic heterocycles. The van der Waals surface area contributed by atoms with Crippen molar-refractivity contribution in [2.75, 3.05) is 61.5 Å². The number of hydrogen-bond acceptors (Lipinski definition) is 8. The van der Waals surface area contributed by atoms with Crippen molar-refractivity contribution >= 4 is 23.2 Å².